The number of amides is 2. The molecule has 0 aliphatic carbocycles. The van der Waals surface area contributed by atoms with Gasteiger partial charge in [0.1, 0.15) is 11.8 Å². The van der Waals surface area contributed by atoms with Gasteiger partial charge in [-0.05, 0) is 67.2 Å². The first-order chi connectivity index (χ1) is 14.4. The number of hydrogen-bond acceptors (Lipinski definition) is 4. The van der Waals surface area contributed by atoms with E-state index in [1.54, 1.807) is 31.0 Å². The summed E-state index contributed by atoms with van der Waals surface area (Å²) >= 11 is 13.6. The third kappa shape index (κ3) is 7.74. The molecule has 0 saturated carbocycles. The van der Waals surface area contributed by atoms with Crippen LogP contribution in [-0.2, 0) is 11.2 Å². The number of halogens is 2. The van der Waals surface area contributed by atoms with Gasteiger partial charge >= 0.3 is 0 Å². The first kappa shape index (κ1) is 24.4. The molecule has 2 aromatic carbocycles. The number of methoxy groups -OCH3 is 1. The summed E-state index contributed by atoms with van der Waals surface area (Å²) < 4.78 is 5.15. The molecule has 2 N–H and O–H groups in total. The molecule has 8 heteroatoms. The molecule has 2 aromatic rings. The number of aryl methyl sites for hydroxylation is 1. The van der Waals surface area contributed by atoms with E-state index < -0.39 is 11.9 Å². The topological polar surface area (TPSA) is 67.4 Å². The monoisotopic (exact) mass is 468 g/mol. The molecule has 0 saturated heterocycles. The molecular weight excluding hydrogens is 443 g/mol. The molecule has 0 aliphatic heterocycles. The smallest absolute Gasteiger partial charge is 0.253 e. The highest BCUT2D eigenvalue weighted by atomic mass is 35.5. The number of carbonyl (C=O) groups is 2. The summed E-state index contributed by atoms with van der Waals surface area (Å²) in [6.45, 7) is 0.526. The zero-order valence-corrected chi connectivity index (χ0v) is 19.4. The zero-order chi connectivity index (χ0) is 21.9. The lowest BCUT2D eigenvalue weighted by Crippen LogP contribution is -2.47. The van der Waals surface area contributed by atoms with Crippen molar-refractivity contribution in [2.24, 2.45) is 0 Å². The number of rotatable bonds is 11. The van der Waals surface area contributed by atoms with Crippen LogP contribution in [0.15, 0.2) is 42.5 Å². The number of benzene rings is 2. The molecule has 0 aliphatic rings. The molecule has 1 atom stereocenters. The van der Waals surface area contributed by atoms with Crippen LogP contribution < -0.4 is 15.4 Å². The second-order valence-electron chi connectivity index (χ2n) is 6.67. The number of thioether (sulfide) groups is 1. The Balaban J connectivity index is 1.88. The molecule has 5 nitrogen and oxygen atoms in total. The quantitative estimate of drug-likeness (QED) is 0.472. The minimum Gasteiger partial charge on any atom is -0.497 e. The number of nitrogens with one attached hydrogen (secondary N) is 2. The second-order valence-corrected chi connectivity index (χ2v) is 8.50. The van der Waals surface area contributed by atoms with Crippen molar-refractivity contribution in [3.8, 4) is 5.75 Å². The largest absolute Gasteiger partial charge is 0.497 e. The third-order valence-electron chi connectivity index (χ3n) is 4.51. The van der Waals surface area contributed by atoms with Crippen LogP contribution in [0.5, 0.6) is 5.75 Å². The molecular formula is C22H26Cl2N2O3S. The van der Waals surface area contributed by atoms with Crippen LogP contribution in [0, 0.1) is 0 Å². The van der Waals surface area contributed by atoms with E-state index in [0.29, 0.717) is 23.6 Å². The molecule has 0 radical (unpaired) electrons. The minimum absolute atomic E-state index is 0.197. The summed E-state index contributed by atoms with van der Waals surface area (Å²) in [6, 6.07) is 11.9. The van der Waals surface area contributed by atoms with E-state index in [1.807, 2.05) is 30.5 Å². The molecule has 2 rings (SSSR count). The van der Waals surface area contributed by atoms with Crippen LogP contribution in [-0.4, -0.2) is 43.5 Å². The lowest BCUT2D eigenvalue weighted by atomic mass is 10.1. The maximum atomic E-state index is 12.6. The van der Waals surface area contributed by atoms with E-state index >= 15 is 0 Å². The Labute approximate surface area is 191 Å². The summed E-state index contributed by atoms with van der Waals surface area (Å²) in [5.41, 5.74) is 1.47. The number of ether oxygens (including phenoxy) is 1. The van der Waals surface area contributed by atoms with Crippen LogP contribution in [0.25, 0.3) is 0 Å². The van der Waals surface area contributed by atoms with E-state index in [9.17, 15) is 9.59 Å². The van der Waals surface area contributed by atoms with Crippen LogP contribution >= 0.6 is 35.0 Å². The Hall–Kier alpha value is -1.89. The van der Waals surface area contributed by atoms with E-state index in [-0.39, 0.29) is 10.9 Å². The van der Waals surface area contributed by atoms with E-state index in [2.05, 4.69) is 10.6 Å². The first-order valence-corrected chi connectivity index (χ1v) is 11.7. The highest BCUT2D eigenvalue weighted by Crippen LogP contribution is 2.21. The van der Waals surface area contributed by atoms with Gasteiger partial charge in [-0.2, -0.15) is 11.8 Å². The van der Waals surface area contributed by atoms with Crippen molar-refractivity contribution in [1.29, 1.82) is 0 Å². The standard InChI is InChI=1S/C22H26Cl2N2O3S/c1-29-17-8-5-15(6-9-17)4-3-12-25-22(28)20(11-13-30-2)26-21(27)18-10-7-16(23)14-19(18)24/h5-10,14,20H,3-4,11-13H2,1-2H3,(H,25,28)(H,26,27). The summed E-state index contributed by atoms with van der Waals surface area (Å²) in [7, 11) is 1.64. The van der Waals surface area contributed by atoms with Gasteiger partial charge in [0.25, 0.3) is 5.91 Å². The first-order valence-electron chi connectivity index (χ1n) is 9.60. The lowest BCUT2D eigenvalue weighted by molar-refractivity contribution is -0.123. The Bertz CT molecular complexity index is 847. The van der Waals surface area contributed by atoms with Crippen molar-refractivity contribution in [3.05, 3.63) is 63.6 Å². The van der Waals surface area contributed by atoms with Crippen molar-refractivity contribution in [2.75, 3.05) is 25.7 Å². The predicted octanol–water partition coefficient (Wildman–Crippen LogP) is 4.60. The van der Waals surface area contributed by atoms with Crippen LogP contribution in [0.4, 0.5) is 0 Å². The molecule has 2 amide bonds. The molecule has 162 valence electrons. The highest BCUT2D eigenvalue weighted by Gasteiger charge is 2.22. The summed E-state index contributed by atoms with van der Waals surface area (Å²) in [6.07, 6.45) is 4.13. The van der Waals surface area contributed by atoms with Crippen LogP contribution in [0.3, 0.4) is 0 Å². The fourth-order valence-electron chi connectivity index (χ4n) is 2.83. The summed E-state index contributed by atoms with van der Waals surface area (Å²) in [4.78, 5) is 25.2. The maximum Gasteiger partial charge on any atom is 0.253 e. The fourth-order valence-corrected chi connectivity index (χ4v) is 3.80. The SMILES string of the molecule is COc1ccc(CCCNC(=O)C(CCSC)NC(=O)c2ccc(Cl)cc2Cl)cc1. The Morgan fingerprint density at radius 1 is 1.13 bits per heavy atom. The average Bonchev–Trinajstić information content (AvgIpc) is 2.74. The van der Waals surface area contributed by atoms with E-state index in [1.165, 1.54) is 11.6 Å². The van der Waals surface area contributed by atoms with Gasteiger partial charge in [0.2, 0.25) is 5.91 Å². The molecule has 0 fully saturated rings. The van der Waals surface area contributed by atoms with Gasteiger partial charge in [0.05, 0.1) is 17.7 Å². The van der Waals surface area contributed by atoms with Crippen molar-refractivity contribution >= 4 is 46.8 Å². The molecule has 0 aromatic heterocycles. The summed E-state index contributed by atoms with van der Waals surface area (Å²) in [5, 5.41) is 6.42. The van der Waals surface area contributed by atoms with Gasteiger partial charge in [-0.15, -0.1) is 0 Å². The van der Waals surface area contributed by atoms with Crippen LogP contribution in [0.1, 0.15) is 28.8 Å². The van der Waals surface area contributed by atoms with Gasteiger partial charge in [0.15, 0.2) is 0 Å². The van der Waals surface area contributed by atoms with E-state index in [4.69, 9.17) is 27.9 Å². The van der Waals surface area contributed by atoms with Gasteiger partial charge in [-0.3, -0.25) is 9.59 Å². The molecule has 0 spiro atoms. The number of hydrogen-bond donors (Lipinski definition) is 2. The predicted molar refractivity (Wildman–Crippen MR) is 125 cm³/mol. The van der Waals surface area contributed by atoms with Gasteiger partial charge in [-0.1, -0.05) is 35.3 Å². The Kier molecular flexibility index (Phi) is 10.3. The van der Waals surface area contributed by atoms with Crippen molar-refractivity contribution in [2.45, 2.75) is 25.3 Å². The normalized spacial score (nSPS) is 11.6. The molecule has 0 bridgehead atoms. The maximum absolute atomic E-state index is 12.6. The van der Waals surface area contributed by atoms with Gasteiger partial charge < -0.3 is 15.4 Å². The van der Waals surface area contributed by atoms with E-state index in [0.717, 1.165) is 24.3 Å². The molecule has 1 unspecified atom stereocenters. The third-order valence-corrected chi connectivity index (χ3v) is 5.70. The van der Waals surface area contributed by atoms with Gasteiger partial charge in [-0.25, -0.2) is 0 Å². The van der Waals surface area contributed by atoms with Crippen molar-refractivity contribution in [1.82, 2.24) is 10.6 Å². The minimum atomic E-state index is -0.627. The van der Waals surface area contributed by atoms with Gasteiger partial charge in [0, 0.05) is 11.6 Å². The fraction of sp³-hybridized carbons (Fsp3) is 0.364. The number of carbonyl (C=O) groups excluding carboxylic acids is 2. The van der Waals surface area contributed by atoms with Crippen molar-refractivity contribution < 1.29 is 14.3 Å². The lowest BCUT2D eigenvalue weighted by Gasteiger charge is -2.18. The average molecular weight is 469 g/mol. The molecule has 30 heavy (non-hydrogen) atoms. The zero-order valence-electron chi connectivity index (χ0n) is 17.0. The Morgan fingerprint density at radius 3 is 2.50 bits per heavy atom. The van der Waals surface area contributed by atoms with Crippen LogP contribution in [0.2, 0.25) is 10.0 Å². The second kappa shape index (κ2) is 12.7. The summed E-state index contributed by atoms with van der Waals surface area (Å²) in [5.74, 6) is 0.979. The Morgan fingerprint density at radius 2 is 1.87 bits per heavy atom. The molecule has 0 heterocycles. The van der Waals surface area contributed by atoms with Crippen molar-refractivity contribution in [3.63, 3.8) is 0 Å². The highest BCUT2D eigenvalue weighted by molar-refractivity contribution is 7.98.